The molecule has 0 saturated heterocycles. The first kappa shape index (κ1) is 19.8. The number of carbonyl (C=O) groups is 1. The van der Waals surface area contributed by atoms with Crippen LogP contribution in [0.25, 0.3) is 11.3 Å². The highest BCUT2D eigenvalue weighted by atomic mass is 32.1. The number of hydrogen-bond acceptors (Lipinski definition) is 6. The zero-order valence-corrected chi connectivity index (χ0v) is 17.2. The number of nitrogens with zero attached hydrogens (tertiary/aromatic N) is 1. The number of methoxy groups -OCH3 is 2. The first-order valence-corrected chi connectivity index (χ1v) is 9.66. The molecule has 0 fully saturated rings. The van der Waals surface area contributed by atoms with Crippen LogP contribution in [0.5, 0.6) is 11.5 Å². The third-order valence-corrected chi connectivity index (χ3v) is 4.98. The second-order valence-corrected chi connectivity index (χ2v) is 7.10. The lowest BCUT2D eigenvalue weighted by atomic mass is 10.1. The fourth-order valence-corrected chi connectivity index (χ4v) is 3.56. The third kappa shape index (κ3) is 4.47. The molecule has 6 nitrogen and oxygen atoms in total. The number of rotatable bonds is 5. The monoisotopic (exact) mass is 413 g/mol. The van der Waals surface area contributed by atoms with E-state index < -0.39 is 0 Å². The van der Waals surface area contributed by atoms with Crippen LogP contribution in [-0.2, 0) is 0 Å². The fraction of sp³-hybridized carbons (Fsp3) is 0.150. The van der Waals surface area contributed by atoms with Crippen LogP contribution in [-0.4, -0.2) is 30.2 Å². The van der Waals surface area contributed by atoms with E-state index >= 15 is 0 Å². The zero-order valence-electron chi connectivity index (χ0n) is 15.6. The molecule has 28 heavy (non-hydrogen) atoms. The Kier molecular flexibility index (Phi) is 6.23. The highest BCUT2D eigenvalue weighted by molar-refractivity contribution is 7.80. The Hall–Kier alpha value is -2.97. The van der Waals surface area contributed by atoms with Gasteiger partial charge in [0.15, 0.2) is 21.7 Å². The van der Waals surface area contributed by atoms with Crippen LogP contribution in [0.2, 0.25) is 0 Å². The predicted molar refractivity (Wildman–Crippen MR) is 116 cm³/mol. The lowest BCUT2D eigenvalue weighted by Crippen LogP contribution is -2.34. The summed E-state index contributed by atoms with van der Waals surface area (Å²) in [5.41, 5.74) is 3.11. The molecule has 1 amide bonds. The number of aromatic nitrogens is 1. The maximum absolute atomic E-state index is 12.3. The number of anilines is 1. The van der Waals surface area contributed by atoms with Gasteiger partial charge in [-0.1, -0.05) is 18.2 Å². The summed E-state index contributed by atoms with van der Waals surface area (Å²) in [6, 6.07) is 12.9. The largest absolute Gasteiger partial charge is 0.493 e. The maximum atomic E-state index is 12.3. The topological polar surface area (TPSA) is 72.5 Å². The Labute approximate surface area is 172 Å². The molecule has 0 aliphatic carbocycles. The quantitative estimate of drug-likeness (QED) is 0.609. The number of nitrogens with one attached hydrogen (secondary N) is 2. The van der Waals surface area contributed by atoms with E-state index in [9.17, 15) is 4.79 Å². The molecule has 0 spiro atoms. The van der Waals surface area contributed by atoms with Gasteiger partial charge in [0, 0.05) is 16.5 Å². The average molecular weight is 414 g/mol. The Bertz CT molecular complexity index is 1020. The Balaban J connectivity index is 1.68. The molecule has 1 aromatic heterocycles. The summed E-state index contributed by atoms with van der Waals surface area (Å²) < 4.78 is 10.6. The van der Waals surface area contributed by atoms with Gasteiger partial charge in [-0.25, -0.2) is 4.98 Å². The van der Waals surface area contributed by atoms with Crippen molar-refractivity contribution in [2.75, 3.05) is 19.5 Å². The van der Waals surface area contributed by atoms with Gasteiger partial charge >= 0.3 is 0 Å². The van der Waals surface area contributed by atoms with Crippen LogP contribution >= 0.6 is 23.6 Å². The standard InChI is InChI=1S/C20H19N3O3S2/c1-12-6-4-5-7-14(12)18(24)22-19(27)23-20-21-15(11-28-20)13-8-9-16(25-2)17(10-13)26-3/h4-11H,1-3H3,(H2,21,22,23,24,27). The van der Waals surface area contributed by atoms with Crippen LogP contribution < -0.4 is 20.1 Å². The number of carbonyl (C=O) groups excluding carboxylic acids is 1. The lowest BCUT2D eigenvalue weighted by molar-refractivity contribution is 0.0977. The molecule has 0 radical (unpaired) electrons. The van der Waals surface area contributed by atoms with Gasteiger partial charge in [-0.05, 0) is 49.0 Å². The Morgan fingerprint density at radius 1 is 1.11 bits per heavy atom. The van der Waals surface area contributed by atoms with E-state index in [2.05, 4.69) is 15.6 Å². The number of hydrogen-bond donors (Lipinski definition) is 2. The molecule has 0 aliphatic rings. The van der Waals surface area contributed by atoms with Crippen LogP contribution in [0.1, 0.15) is 15.9 Å². The molecule has 0 bridgehead atoms. The summed E-state index contributed by atoms with van der Waals surface area (Å²) in [6.07, 6.45) is 0. The first-order chi connectivity index (χ1) is 13.5. The predicted octanol–water partition coefficient (Wildman–Crippen LogP) is 4.26. The molecule has 2 aromatic carbocycles. The van der Waals surface area contributed by atoms with Crippen molar-refractivity contribution in [2.24, 2.45) is 0 Å². The van der Waals surface area contributed by atoms with Crippen molar-refractivity contribution >= 4 is 39.7 Å². The van der Waals surface area contributed by atoms with Gasteiger partial charge in [0.2, 0.25) is 0 Å². The van der Waals surface area contributed by atoms with Crippen molar-refractivity contribution in [2.45, 2.75) is 6.92 Å². The molecular weight excluding hydrogens is 394 g/mol. The molecule has 3 aromatic rings. The summed E-state index contributed by atoms with van der Waals surface area (Å²) >= 11 is 6.63. The molecule has 1 heterocycles. The van der Waals surface area contributed by atoms with E-state index in [1.165, 1.54) is 11.3 Å². The molecule has 144 valence electrons. The molecule has 0 unspecified atom stereocenters. The molecule has 8 heteroatoms. The molecule has 0 saturated carbocycles. The van der Waals surface area contributed by atoms with Gasteiger partial charge in [0.25, 0.3) is 5.91 Å². The van der Waals surface area contributed by atoms with Gasteiger partial charge in [0.1, 0.15) is 0 Å². The van der Waals surface area contributed by atoms with Gasteiger partial charge in [-0.3, -0.25) is 10.1 Å². The summed E-state index contributed by atoms with van der Waals surface area (Å²) in [7, 11) is 3.18. The van der Waals surface area contributed by atoms with Crippen molar-refractivity contribution < 1.29 is 14.3 Å². The molecule has 0 atom stereocenters. The maximum Gasteiger partial charge on any atom is 0.257 e. The van der Waals surface area contributed by atoms with Crippen molar-refractivity contribution in [1.82, 2.24) is 10.3 Å². The van der Waals surface area contributed by atoms with E-state index in [-0.39, 0.29) is 11.0 Å². The Morgan fingerprint density at radius 2 is 1.86 bits per heavy atom. The normalized spacial score (nSPS) is 10.2. The molecule has 0 aliphatic heterocycles. The zero-order chi connectivity index (χ0) is 20.1. The number of benzene rings is 2. The third-order valence-electron chi connectivity index (χ3n) is 4.02. The van der Waals surface area contributed by atoms with Crippen LogP contribution in [0.4, 0.5) is 5.13 Å². The van der Waals surface area contributed by atoms with Crippen molar-refractivity contribution in [3.8, 4) is 22.8 Å². The van der Waals surface area contributed by atoms with Gasteiger partial charge in [-0.2, -0.15) is 0 Å². The van der Waals surface area contributed by atoms with E-state index in [0.29, 0.717) is 22.2 Å². The van der Waals surface area contributed by atoms with Crippen molar-refractivity contribution in [3.63, 3.8) is 0 Å². The molecule has 2 N–H and O–H groups in total. The number of thiazole rings is 1. The van der Waals surface area contributed by atoms with E-state index in [1.54, 1.807) is 20.3 Å². The number of ether oxygens (including phenoxy) is 2. The number of aryl methyl sites for hydroxylation is 1. The second kappa shape index (κ2) is 8.81. The van der Waals surface area contributed by atoms with Crippen LogP contribution in [0, 0.1) is 6.92 Å². The number of amides is 1. The Morgan fingerprint density at radius 3 is 2.57 bits per heavy atom. The molecule has 3 rings (SSSR count). The van der Waals surface area contributed by atoms with Gasteiger partial charge in [-0.15, -0.1) is 11.3 Å². The SMILES string of the molecule is COc1ccc(-c2csc(NC(=S)NC(=O)c3ccccc3C)n2)cc1OC. The fourth-order valence-electron chi connectivity index (χ4n) is 2.59. The minimum Gasteiger partial charge on any atom is -0.493 e. The summed E-state index contributed by atoms with van der Waals surface area (Å²) in [5, 5.41) is 8.31. The minimum absolute atomic E-state index is 0.196. The second-order valence-electron chi connectivity index (χ2n) is 5.83. The summed E-state index contributed by atoms with van der Waals surface area (Å²) in [6.45, 7) is 1.88. The van der Waals surface area contributed by atoms with E-state index in [1.807, 2.05) is 48.7 Å². The highest BCUT2D eigenvalue weighted by Gasteiger charge is 2.13. The summed E-state index contributed by atoms with van der Waals surface area (Å²) in [5.74, 6) is 1.02. The lowest BCUT2D eigenvalue weighted by Gasteiger charge is -2.09. The highest BCUT2D eigenvalue weighted by Crippen LogP contribution is 2.33. The van der Waals surface area contributed by atoms with Gasteiger partial charge in [0.05, 0.1) is 19.9 Å². The average Bonchev–Trinajstić information content (AvgIpc) is 3.15. The minimum atomic E-state index is -0.257. The summed E-state index contributed by atoms with van der Waals surface area (Å²) in [4.78, 5) is 16.9. The van der Waals surface area contributed by atoms with Gasteiger partial charge < -0.3 is 14.8 Å². The number of thiocarbonyl (C=S) groups is 1. The smallest absolute Gasteiger partial charge is 0.257 e. The van der Waals surface area contributed by atoms with Crippen LogP contribution in [0.15, 0.2) is 47.8 Å². The van der Waals surface area contributed by atoms with E-state index in [0.717, 1.165) is 16.8 Å². The first-order valence-electron chi connectivity index (χ1n) is 8.37. The van der Waals surface area contributed by atoms with Crippen LogP contribution in [0.3, 0.4) is 0 Å². The van der Waals surface area contributed by atoms with Crippen molar-refractivity contribution in [3.05, 3.63) is 59.0 Å². The van der Waals surface area contributed by atoms with Crippen molar-refractivity contribution in [1.29, 1.82) is 0 Å². The van der Waals surface area contributed by atoms with E-state index in [4.69, 9.17) is 21.7 Å². The molecular formula is C20H19N3O3S2.